The fourth-order valence-electron chi connectivity index (χ4n) is 4.41. The number of nitrogens with one attached hydrogen (secondary N) is 1. The first-order valence-electron chi connectivity index (χ1n) is 8.52. The van der Waals surface area contributed by atoms with E-state index in [0.29, 0.717) is 23.7 Å². The van der Waals surface area contributed by atoms with Gasteiger partial charge in [-0.3, -0.25) is 10.1 Å². The summed E-state index contributed by atoms with van der Waals surface area (Å²) in [5, 5.41) is 14.4. The molecule has 3 atom stereocenters. The average molecular weight is 333 g/mol. The molecule has 0 bridgehead atoms. The van der Waals surface area contributed by atoms with Gasteiger partial charge < -0.3 is 15.0 Å². The van der Waals surface area contributed by atoms with Crippen molar-refractivity contribution in [2.24, 2.45) is 11.3 Å². The van der Waals surface area contributed by atoms with Crippen LogP contribution in [-0.4, -0.2) is 46.7 Å². The molecule has 24 heavy (non-hydrogen) atoms. The van der Waals surface area contributed by atoms with Crippen LogP contribution in [0, 0.1) is 21.4 Å². The molecule has 8 nitrogen and oxygen atoms in total. The zero-order valence-electron chi connectivity index (χ0n) is 14.2. The minimum atomic E-state index is -0.428. The average Bonchev–Trinajstić information content (AvgIpc) is 3.22. The zero-order valence-corrected chi connectivity index (χ0v) is 14.2. The Hall–Kier alpha value is -1.96. The molecule has 130 valence electrons. The Bertz CT molecular complexity index is 676. The highest BCUT2D eigenvalue weighted by Gasteiger charge is 2.61. The molecule has 1 aliphatic heterocycles. The molecule has 3 aliphatic rings. The lowest BCUT2D eigenvalue weighted by Crippen LogP contribution is -2.66. The van der Waals surface area contributed by atoms with Gasteiger partial charge in [-0.05, 0) is 19.3 Å². The molecular formula is C16H23N5O3. The van der Waals surface area contributed by atoms with Crippen LogP contribution in [0.2, 0.25) is 0 Å². The van der Waals surface area contributed by atoms with Crippen molar-refractivity contribution in [2.45, 2.75) is 51.3 Å². The maximum atomic E-state index is 11.2. The summed E-state index contributed by atoms with van der Waals surface area (Å²) in [5.74, 6) is 1.34. The molecule has 0 radical (unpaired) electrons. The third-order valence-corrected chi connectivity index (χ3v) is 5.64. The first-order valence-corrected chi connectivity index (χ1v) is 8.52. The van der Waals surface area contributed by atoms with Gasteiger partial charge >= 0.3 is 5.69 Å². The van der Waals surface area contributed by atoms with E-state index in [1.165, 1.54) is 6.20 Å². The Labute approximate surface area is 140 Å². The summed E-state index contributed by atoms with van der Waals surface area (Å²) in [5.41, 5.74) is -0.0421. The van der Waals surface area contributed by atoms with Crippen LogP contribution in [0.3, 0.4) is 0 Å². The molecule has 0 amide bonds. The van der Waals surface area contributed by atoms with Crippen molar-refractivity contribution in [1.82, 2.24) is 9.97 Å². The molecule has 1 aromatic heterocycles. The van der Waals surface area contributed by atoms with E-state index in [1.54, 1.807) is 0 Å². The standard InChI is InChI=1S/C16H23N5O3/c1-16(2)12(10-6-7-24-13(10)16)20(3)15-17-8-11(21(22)23)14(19-15)18-9-4-5-9/h8-10,12-13H,4-7H2,1-3H3,(H,17,18,19)/t10-,12-,13-/m1/s1. The van der Waals surface area contributed by atoms with E-state index in [2.05, 4.69) is 34.0 Å². The molecule has 0 unspecified atom stereocenters. The Morgan fingerprint density at radius 2 is 2.17 bits per heavy atom. The number of ether oxygens (including phenoxy) is 1. The summed E-state index contributed by atoms with van der Waals surface area (Å²) in [6.45, 7) is 5.21. The van der Waals surface area contributed by atoms with E-state index in [4.69, 9.17) is 4.74 Å². The van der Waals surface area contributed by atoms with Crippen LogP contribution in [0.4, 0.5) is 17.5 Å². The van der Waals surface area contributed by atoms with Crippen molar-refractivity contribution in [3.05, 3.63) is 16.3 Å². The van der Waals surface area contributed by atoms with Crippen molar-refractivity contribution in [1.29, 1.82) is 0 Å². The predicted molar refractivity (Wildman–Crippen MR) is 89.2 cm³/mol. The lowest BCUT2D eigenvalue weighted by molar-refractivity contribution is -0.384. The van der Waals surface area contributed by atoms with Crippen LogP contribution in [0.25, 0.3) is 0 Å². The fraction of sp³-hybridized carbons (Fsp3) is 0.750. The molecule has 0 spiro atoms. The van der Waals surface area contributed by atoms with Crippen LogP contribution in [0.1, 0.15) is 33.1 Å². The van der Waals surface area contributed by atoms with Crippen LogP contribution in [-0.2, 0) is 4.74 Å². The molecule has 1 aromatic rings. The maximum Gasteiger partial charge on any atom is 0.329 e. The molecule has 1 saturated heterocycles. The van der Waals surface area contributed by atoms with Gasteiger partial charge in [0, 0.05) is 37.1 Å². The summed E-state index contributed by atoms with van der Waals surface area (Å²) in [7, 11) is 1.98. The highest BCUT2D eigenvalue weighted by Crippen LogP contribution is 2.54. The van der Waals surface area contributed by atoms with Crippen molar-refractivity contribution >= 4 is 17.5 Å². The summed E-state index contributed by atoms with van der Waals surface area (Å²) in [6.07, 6.45) is 4.71. The molecule has 1 N–H and O–H groups in total. The van der Waals surface area contributed by atoms with Crippen LogP contribution >= 0.6 is 0 Å². The van der Waals surface area contributed by atoms with E-state index < -0.39 is 4.92 Å². The molecule has 0 aromatic carbocycles. The lowest BCUT2D eigenvalue weighted by Gasteiger charge is -2.57. The summed E-state index contributed by atoms with van der Waals surface area (Å²) in [6, 6.07) is 0.574. The van der Waals surface area contributed by atoms with E-state index in [-0.39, 0.29) is 23.2 Å². The van der Waals surface area contributed by atoms with Gasteiger partial charge in [0.1, 0.15) is 6.20 Å². The highest BCUT2D eigenvalue weighted by molar-refractivity contribution is 5.58. The smallest absolute Gasteiger partial charge is 0.329 e. The van der Waals surface area contributed by atoms with Crippen LogP contribution < -0.4 is 10.2 Å². The highest BCUT2D eigenvalue weighted by atomic mass is 16.6. The third-order valence-electron chi connectivity index (χ3n) is 5.64. The van der Waals surface area contributed by atoms with Gasteiger partial charge in [0.2, 0.25) is 11.8 Å². The third kappa shape index (κ3) is 2.31. The predicted octanol–water partition coefficient (Wildman–Crippen LogP) is 2.21. The Morgan fingerprint density at radius 1 is 1.42 bits per heavy atom. The molecular weight excluding hydrogens is 310 g/mol. The zero-order chi connectivity index (χ0) is 17.1. The minimum absolute atomic E-state index is 0.0190. The molecule has 4 rings (SSSR count). The fourth-order valence-corrected chi connectivity index (χ4v) is 4.41. The molecule has 8 heteroatoms. The topological polar surface area (TPSA) is 93.4 Å². The number of fused-ring (bicyclic) bond motifs is 1. The molecule has 2 aliphatic carbocycles. The quantitative estimate of drug-likeness (QED) is 0.652. The number of aromatic nitrogens is 2. The van der Waals surface area contributed by atoms with Gasteiger partial charge in [-0.1, -0.05) is 13.8 Å². The van der Waals surface area contributed by atoms with Gasteiger partial charge in [-0.15, -0.1) is 0 Å². The van der Waals surface area contributed by atoms with Gasteiger partial charge in [0.05, 0.1) is 11.0 Å². The maximum absolute atomic E-state index is 11.2. The number of nitro groups is 1. The SMILES string of the molecule is CN(c1ncc([N+](=O)[O-])c(NC2CC2)n1)[C@@H]1[C@H]2CCO[C@H]2C1(C)C. The summed E-state index contributed by atoms with van der Waals surface area (Å²) >= 11 is 0. The largest absolute Gasteiger partial charge is 0.377 e. The van der Waals surface area contributed by atoms with Crippen LogP contribution in [0.15, 0.2) is 6.20 Å². The molecule has 2 heterocycles. The van der Waals surface area contributed by atoms with E-state index in [0.717, 1.165) is 25.9 Å². The normalized spacial score (nSPS) is 30.4. The number of anilines is 2. The lowest BCUT2D eigenvalue weighted by atomic mass is 9.57. The monoisotopic (exact) mass is 333 g/mol. The Kier molecular flexibility index (Phi) is 3.42. The first kappa shape index (κ1) is 15.6. The van der Waals surface area contributed by atoms with Crippen molar-refractivity contribution in [3.63, 3.8) is 0 Å². The van der Waals surface area contributed by atoms with Crippen molar-refractivity contribution < 1.29 is 9.66 Å². The van der Waals surface area contributed by atoms with E-state index >= 15 is 0 Å². The second-order valence-corrected chi connectivity index (χ2v) is 7.70. The van der Waals surface area contributed by atoms with Crippen molar-refractivity contribution in [3.8, 4) is 0 Å². The van der Waals surface area contributed by atoms with Gasteiger partial charge in [0.25, 0.3) is 0 Å². The second kappa shape index (κ2) is 5.27. The van der Waals surface area contributed by atoms with Gasteiger partial charge in [-0.25, -0.2) is 4.98 Å². The Morgan fingerprint density at radius 3 is 2.83 bits per heavy atom. The van der Waals surface area contributed by atoms with E-state index in [9.17, 15) is 10.1 Å². The second-order valence-electron chi connectivity index (χ2n) is 7.70. The number of hydrogen-bond donors (Lipinski definition) is 1. The first-order chi connectivity index (χ1) is 11.4. The Balaban J connectivity index is 1.62. The number of hydrogen-bond acceptors (Lipinski definition) is 7. The number of rotatable bonds is 5. The van der Waals surface area contributed by atoms with Gasteiger partial charge in [0.15, 0.2) is 0 Å². The molecule has 3 fully saturated rings. The molecule has 2 saturated carbocycles. The number of nitrogens with zero attached hydrogens (tertiary/aromatic N) is 4. The summed E-state index contributed by atoms with van der Waals surface area (Å²) in [4.78, 5) is 21.6. The van der Waals surface area contributed by atoms with Gasteiger partial charge in [-0.2, -0.15) is 4.98 Å². The van der Waals surface area contributed by atoms with E-state index in [1.807, 2.05) is 7.05 Å². The summed E-state index contributed by atoms with van der Waals surface area (Å²) < 4.78 is 5.85. The minimum Gasteiger partial charge on any atom is -0.377 e. The van der Waals surface area contributed by atoms with Crippen LogP contribution in [0.5, 0.6) is 0 Å². The van der Waals surface area contributed by atoms with Crippen molar-refractivity contribution in [2.75, 3.05) is 23.9 Å².